The highest BCUT2D eigenvalue weighted by atomic mass is 32.2. The SMILES string of the molecule is CCCn1c(N2CCCC(C(=O)OCC)C2)c(/C=C2/SC(=S)N(Cc3ccc(OC)cc3)C2=O)c(C)c(C#N)c1=O. The monoisotopic (exact) mass is 594 g/mol. The third-order valence-electron chi connectivity index (χ3n) is 7.28. The van der Waals surface area contributed by atoms with Crippen molar-refractivity contribution in [3.63, 3.8) is 0 Å². The number of carbonyl (C=O) groups is 2. The van der Waals surface area contributed by atoms with Gasteiger partial charge in [-0.05, 0) is 62.4 Å². The van der Waals surface area contributed by atoms with Crippen LogP contribution in [0, 0.1) is 24.2 Å². The first-order valence-electron chi connectivity index (χ1n) is 13.7. The van der Waals surface area contributed by atoms with Crippen molar-refractivity contribution in [2.75, 3.05) is 31.7 Å². The summed E-state index contributed by atoms with van der Waals surface area (Å²) in [4.78, 5) is 43.7. The van der Waals surface area contributed by atoms with E-state index in [0.29, 0.717) is 71.8 Å². The molecule has 9 nitrogen and oxygen atoms in total. The molecule has 216 valence electrons. The maximum Gasteiger partial charge on any atom is 0.310 e. The smallest absolute Gasteiger partial charge is 0.310 e. The fourth-order valence-corrected chi connectivity index (χ4v) is 6.46. The number of nitrogens with zero attached hydrogens (tertiary/aromatic N) is 4. The lowest BCUT2D eigenvalue weighted by atomic mass is 9.96. The van der Waals surface area contributed by atoms with Crippen molar-refractivity contribution in [1.29, 1.82) is 5.26 Å². The number of hydrogen-bond donors (Lipinski definition) is 0. The van der Waals surface area contributed by atoms with Gasteiger partial charge in [0, 0.05) is 25.2 Å². The molecule has 2 fully saturated rings. The molecular formula is C30H34N4O5S2. The summed E-state index contributed by atoms with van der Waals surface area (Å²) < 4.78 is 12.6. The maximum atomic E-state index is 13.6. The number of nitriles is 1. The van der Waals surface area contributed by atoms with Crippen molar-refractivity contribution >= 4 is 52.1 Å². The molecule has 2 saturated heterocycles. The lowest BCUT2D eigenvalue weighted by Gasteiger charge is -2.36. The molecule has 0 bridgehead atoms. The molecule has 1 aromatic heterocycles. The van der Waals surface area contributed by atoms with Gasteiger partial charge in [0.25, 0.3) is 11.5 Å². The minimum Gasteiger partial charge on any atom is -0.497 e. The fourth-order valence-electron chi connectivity index (χ4n) is 5.22. The van der Waals surface area contributed by atoms with E-state index in [4.69, 9.17) is 21.7 Å². The number of benzene rings is 1. The number of piperidine rings is 1. The zero-order valence-corrected chi connectivity index (χ0v) is 25.4. The average Bonchev–Trinajstić information content (AvgIpc) is 3.23. The number of thiocarbonyl (C=S) groups is 1. The number of thioether (sulfide) groups is 1. The predicted octanol–water partition coefficient (Wildman–Crippen LogP) is 4.63. The first-order valence-corrected chi connectivity index (χ1v) is 14.9. The average molecular weight is 595 g/mol. The summed E-state index contributed by atoms with van der Waals surface area (Å²) in [5.41, 5.74) is 1.69. The standard InChI is InChI=1S/C30H34N4O5S2/c1-5-13-33-26(32-14-7-8-21(18-32)29(37)39-6-2)23(19(3)24(16-31)27(33)35)15-25-28(36)34(30(40)41-25)17-20-9-11-22(38-4)12-10-20/h9-12,15,21H,5-8,13-14,17-18H2,1-4H3/b25-15+. The van der Waals surface area contributed by atoms with Crippen LogP contribution in [0.1, 0.15) is 55.4 Å². The van der Waals surface area contributed by atoms with E-state index in [1.807, 2.05) is 36.1 Å². The van der Waals surface area contributed by atoms with E-state index >= 15 is 0 Å². The molecule has 0 spiro atoms. The summed E-state index contributed by atoms with van der Waals surface area (Å²) in [6, 6.07) is 9.52. The van der Waals surface area contributed by atoms with Gasteiger partial charge in [-0.1, -0.05) is 43.0 Å². The second kappa shape index (κ2) is 13.4. The second-order valence-electron chi connectivity index (χ2n) is 9.96. The van der Waals surface area contributed by atoms with Gasteiger partial charge in [-0.15, -0.1) is 0 Å². The van der Waals surface area contributed by atoms with Crippen molar-refractivity contribution in [2.45, 2.75) is 53.1 Å². The Balaban J connectivity index is 1.78. The highest BCUT2D eigenvalue weighted by Gasteiger charge is 2.35. The van der Waals surface area contributed by atoms with Gasteiger partial charge in [-0.3, -0.25) is 23.9 Å². The fraction of sp³-hybridized carbons (Fsp3) is 0.433. The lowest BCUT2D eigenvalue weighted by Crippen LogP contribution is -2.43. The highest BCUT2D eigenvalue weighted by Crippen LogP contribution is 2.37. The van der Waals surface area contributed by atoms with E-state index < -0.39 is 0 Å². The first-order chi connectivity index (χ1) is 19.7. The van der Waals surface area contributed by atoms with Crippen LogP contribution in [-0.4, -0.2) is 52.5 Å². The molecule has 1 atom stereocenters. The number of methoxy groups -OCH3 is 1. The zero-order valence-electron chi connectivity index (χ0n) is 23.8. The van der Waals surface area contributed by atoms with Crippen LogP contribution >= 0.6 is 24.0 Å². The number of anilines is 1. The quantitative estimate of drug-likeness (QED) is 0.234. The topological polar surface area (TPSA) is 105 Å². The Morgan fingerprint density at radius 3 is 2.61 bits per heavy atom. The van der Waals surface area contributed by atoms with Gasteiger partial charge in [-0.2, -0.15) is 5.26 Å². The van der Waals surface area contributed by atoms with E-state index in [2.05, 4.69) is 6.07 Å². The van der Waals surface area contributed by atoms with Crippen LogP contribution in [0.4, 0.5) is 5.82 Å². The molecule has 0 aliphatic carbocycles. The van der Waals surface area contributed by atoms with E-state index in [-0.39, 0.29) is 28.9 Å². The largest absolute Gasteiger partial charge is 0.497 e. The Labute approximate surface area is 249 Å². The summed E-state index contributed by atoms with van der Waals surface area (Å²) in [5.74, 6) is 0.507. The molecule has 1 aromatic carbocycles. The third kappa shape index (κ3) is 6.34. The highest BCUT2D eigenvalue weighted by molar-refractivity contribution is 8.26. The molecule has 11 heteroatoms. The molecule has 2 aliphatic heterocycles. The molecule has 0 N–H and O–H groups in total. The summed E-state index contributed by atoms with van der Waals surface area (Å²) in [5, 5.41) is 9.92. The maximum absolute atomic E-state index is 13.6. The number of amides is 1. The first kappa shape index (κ1) is 30.3. The zero-order chi connectivity index (χ0) is 29.7. The molecule has 0 radical (unpaired) electrons. The molecule has 2 aromatic rings. The van der Waals surface area contributed by atoms with Gasteiger partial charge in [0.1, 0.15) is 27.5 Å². The Morgan fingerprint density at radius 1 is 1.24 bits per heavy atom. The van der Waals surface area contributed by atoms with E-state index in [1.165, 1.54) is 11.8 Å². The van der Waals surface area contributed by atoms with Crippen molar-refractivity contribution in [3.05, 3.63) is 61.8 Å². The number of rotatable bonds is 9. The van der Waals surface area contributed by atoms with Crippen molar-refractivity contribution in [1.82, 2.24) is 9.47 Å². The number of ether oxygens (including phenoxy) is 2. The molecule has 3 heterocycles. The van der Waals surface area contributed by atoms with Crippen LogP contribution in [-0.2, 0) is 27.4 Å². The van der Waals surface area contributed by atoms with E-state index in [0.717, 1.165) is 17.7 Å². The van der Waals surface area contributed by atoms with Crippen molar-refractivity contribution in [3.8, 4) is 11.8 Å². The number of carbonyl (C=O) groups excluding carboxylic acids is 2. The van der Waals surface area contributed by atoms with Gasteiger partial charge < -0.3 is 14.4 Å². The number of pyridine rings is 1. The Hall–Kier alpha value is -3.62. The molecule has 4 rings (SSSR count). The Morgan fingerprint density at radius 2 is 1.98 bits per heavy atom. The molecule has 0 saturated carbocycles. The van der Waals surface area contributed by atoms with Crippen LogP contribution in [0.2, 0.25) is 0 Å². The molecular weight excluding hydrogens is 560 g/mol. The Kier molecular flexibility index (Phi) is 9.89. The van der Waals surface area contributed by atoms with Crippen LogP contribution < -0.4 is 15.2 Å². The normalized spacial score (nSPS) is 18.1. The third-order valence-corrected chi connectivity index (χ3v) is 8.66. The lowest BCUT2D eigenvalue weighted by molar-refractivity contribution is -0.148. The summed E-state index contributed by atoms with van der Waals surface area (Å²) >= 11 is 6.79. The summed E-state index contributed by atoms with van der Waals surface area (Å²) in [6.07, 6.45) is 3.85. The predicted molar refractivity (Wildman–Crippen MR) is 164 cm³/mol. The van der Waals surface area contributed by atoms with Gasteiger partial charge >= 0.3 is 5.97 Å². The molecule has 41 heavy (non-hydrogen) atoms. The molecule has 2 aliphatic rings. The number of esters is 1. The van der Waals surface area contributed by atoms with Gasteiger partial charge in [-0.25, -0.2) is 0 Å². The van der Waals surface area contributed by atoms with Gasteiger partial charge in [0.2, 0.25) is 0 Å². The van der Waals surface area contributed by atoms with Crippen LogP contribution in [0.15, 0.2) is 34.0 Å². The molecule has 1 unspecified atom stereocenters. The van der Waals surface area contributed by atoms with E-state index in [1.54, 1.807) is 36.5 Å². The van der Waals surface area contributed by atoms with Crippen molar-refractivity contribution in [2.24, 2.45) is 5.92 Å². The van der Waals surface area contributed by atoms with Gasteiger partial charge in [0.05, 0.1) is 31.1 Å². The Bertz CT molecular complexity index is 1480. The van der Waals surface area contributed by atoms with Gasteiger partial charge in [0.15, 0.2) is 0 Å². The minimum absolute atomic E-state index is 0.0427. The van der Waals surface area contributed by atoms with Crippen LogP contribution in [0.3, 0.4) is 0 Å². The molecule has 1 amide bonds. The number of hydrogen-bond acceptors (Lipinski definition) is 9. The summed E-state index contributed by atoms with van der Waals surface area (Å²) in [7, 11) is 1.60. The second-order valence-corrected chi connectivity index (χ2v) is 11.6. The van der Waals surface area contributed by atoms with Crippen molar-refractivity contribution < 1.29 is 19.1 Å². The number of aromatic nitrogens is 1. The van der Waals surface area contributed by atoms with Crippen LogP contribution in [0.5, 0.6) is 5.75 Å². The van der Waals surface area contributed by atoms with Crippen LogP contribution in [0.25, 0.3) is 6.08 Å². The summed E-state index contributed by atoms with van der Waals surface area (Å²) in [6.45, 7) is 7.49. The minimum atomic E-state index is -0.371. The van der Waals surface area contributed by atoms with E-state index in [9.17, 15) is 19.6 Å².